The molecular formula is C25H34FN5O3. The summed E-state index contributed by atoms with van der Waals surface area (Å²) in [4.78, 5) is 41.5. The number of anilines is 1. The lowest BCUT2D eigenvalue weighted by molar-refractivity contribution is -0.125. The van der Waals surface area contributed by atoms with Crippen molar-refractivity contribution in [1.29, 1.82) is 0 Å². The largest absolute Gasteiger partial charge is 0.357 e. The number of nitrogens with zero attached hydrogens (tertiary/aromatic N) is 4. The van der Waals surface area contributed by atoms with E-state index in [1.54, 1.807) is 13.1 Å². The number of carbonyl (C=O) groups excluding carboxylic acids is 1. The summed E-state index contributed by atoms with van der Waals surface area (Å²) in [6.45, 7) is 4.26. The lowest BCUT2D eigenvalue weighted by atomic mass is 9.94. The molecule has 2 aliphatic heterocycles. The van der Waals surface area contributed by atoms with Crippen molar-refractivity contribution in [2.45, 2.75) is 32.2 Å². The van der Waals surface area contributed by atoms with Gasteiger partial charge in [-0.1, -0.05) is 18.2 Å². The van der Waals surface area contributed by atoms with E-state index >= 15 is 0 Å². The van der Waals surface area contributed by atoms with Crippen LogP contribution in [0.2, 0.25) is 0 Å². The lowest BCUT2D eigenvalue weighted by Crippen LogP contribution is -2.47. The molecule has 1 atom stereocenters. The Hall–Kier alpha value is -2.94. The van der Waals surface area contributed by atoms with Crippen LogP contribution in [-0.4, -0.2) is 52.7 Å². The number of hydrogen-bond donors (Lipinski definition) is 1. The number of halogens is 1. The van der Waals surface area contributed by atoms with Crippen molar-refractivity contribution in [2.24, 2.45) is 25.9 Å². The summed E-state index contributed by atoms with van der Waals surface area (Å²) in [5, 5.41) is 3.14. The second kappa shape index (κ2) is 10.5. The number of rotatable bonds is 6. The summed E-state index contributed by atoms with van der Waals surface area (Å²) in [5.41, 5.74) is 0.0197. The molecule has 0 saturated carbocycles. The first-order valence-corrected chi connectivity index (χ1v) is 12.1. The van der Waals surface area contributed by atoms with Crippen molar-refractivity contribution < 1.29 is 9.18 Å². The van der Waals surface area contributed by atoms with Gasteiger partial charge >= 0.3 is 5.69 Å². The third-order valence-electron chi connectivity index (χ3n) is 7.24. The standard InChI is InChI=1S/C25H34FN5O3/c1-28-22(14-23(32)29(2)25(28)34)31-11-5-7-20(17-31)24(33)27-15-18-9-12-30(13-10-18)16-19-6-3-4-8-21(19)26/h3-4,6,8,14,18,20H,5,7,9-13,15-17H2,1-2H3,(H,27,33)/t20-/m1/s1. The van der Waals surface area contributed by atoms with Crippen molar-refractivity contribution in [2.75, 3.05) is 37.6 Å². The Morgan fingerprint density at radius 2 is 1.79 bits per heavy atom. The summed E-state index contributed by atoms with van der Waals surface area (Å²) in [6, 6.07) is 8.38. The first-order chi connectivity index (χ1) is 16.3. The van der Waals surface area contributed by atoms with Crippen molar-refractivity contribution >= 4 is 11.7 Å². The van der Waals surface area contributed by atoms with Gasteiger partial charge in [-0.2, -0.15) is 0 Å². The molecule has 1 aromatic heterocycles. The smallest absolute Gasteiger partial charge is 0.332 e. The molecule has 0 aliphatic carbocycles. The van der Waals surface area contributed by atoms with E-state index in [9.17, 15) is 18.8 Å². The number of carbonyl (C=O) groups is 1. The fraction of sp³-hybridized carbons (Fsp3) is 0.560. The molecule has 2 aromatic rings. The Morgan fingerprint density at radius 3 is 2.53 bits per heavy atom. The Kier molecular flexibility index (Phi) is 7.50. The highest BCUT2D eigenvalue weighted by Gasteiger charge is 2.28. The average Bonchev–Trinajstić information content (AvgIpc) is 2.85. The van der Waals surface area contributed by atoms with Crippen molar-refractivity contribution in [3.63, 3.8) is 0 Å². The van der Waals surface area contributed by atoms with Gasteiger partial charge in [0.25, 0.3) is 5.56 Å². The highest BCUT2D eigenvalue weighted by Crippen LogP contribution is 2.23. The first-order valence-electron chi connectivity index (χ1n) is 12.1. The molecule has 3 heterocycles. The van der Waals surface area contributed by atoms with Gasteiger partial charge in [0, 0.05) is 51.9 Å². The van der Waals surface area contributed by atoms with Gasteiger partial charge in [-0.15, -0.1) is 0 Å². The SMILES string of the molecule is Cn1c(N2CCC[C@@H](C(=O)NCC3CCN(Cc4ccccc4F)CC3)C2)cc(=O)n(C)c1=O. The molecule has 0 spiro atoms. The van der Waals surface area contributed by atoms with E-state index in [4.69, 9.17) is 0 Å². The van der Waals surface area contributed by atoms with E-state index in [1.165, 1.54) is 23.7 Å². The summed E-state index contributed by atoms with van der Waals surface area (Å²) < 4.78 is 16.5. The number of benzene rings is 1. The number of aromatic nitrogens is 2. The summed E-state index contributed by atoms with van der Waals surface area (Å²) in [7, 11) is 3.12. The molecule has 0 bridgehead atoms. The minimum absolute atomic E-state index is 0.0346. The van der Waals surface area contributed by atoms with Gasteiger partial charge in [0.1, 0.15) is 11.6 Å². The highest BCUT2D eigenvalue weighted by atomic mass is 19.1. The van der Waals surface area contributed by atoms with E-state index in [0.29, 0.717) is 37.9 Å². The second-order valence-corrected chi connectivity index (χ2v) is 9.58. The van der Waals surface area contributed by atoms with E-state index in [-0.39, 0.29) is 28.9 Å². The van der Waals surface area contributed by atoms with Crippen LogP contribution in [0.25, 0.3) is 0 Å². The quantitative estimate of drug-likeness (QED) is 0.690. The number of hydrogen-bond acceptors (Lipinski definition) is 5. The molecule has 2 saturated heterocycles. The van der Waals surface area contributed by atoms with Crippen LogP contribution in [0.5, 0.6) is 0 Å². The van der Waals surface area contributed by atoms with E-state index < -0.39 is 0 Å². The van der Waals surface area contributed by atoms with Crippen LogP contribution in [-0.2, 0) is 25.4 Å². The first kappa shape index (κ1) is 24.2. The zero-order valence-electron chi connectivity index (χ0n) is 20.0. The van der Waals surface area contributed by atoms with Gasteiger partial charge in [-0.3, -0.25) is 23.6 Å². The molecule has 4 rings (SSSR count). The Bertz CT molecular complexity index is 1140. The van der Waals surface area contributed by atoms with Gasteiger partial charge in [-0.25, -0.2) is 9.18 Å². The zero-order chi connectivity index (χ0) is 24.2. The molecule has 0 radical (unpaired) electrons. The van der Waals surface area contributed by atoms with Gasteiger partial charge < -0.3 is 10.2 Å². The average molecular weight is 472 g/mol. The molecule has 1 N–H and O–H groups in total. The Balaban J connectivity index is 1.27. The molecule has 34 heavy (non-hydrogen) atoms. The van der Waals surface area contributed by atoms with E-state index in [1.807, 2.05) is 17.0 Å². The molecule has 184 valence electrons. The van der Waals surface area contributed by atoms with Crippen LogP contribution in [0.4, 0.5) is 10.2 Å². The van der Waals surface area contributed by atoms with Crippen LogP contribution >= 0.6 is 0 Å². The van der Waals surface area contributed by atoms with E-state index in [0.717, 1.165) is 48.9 Å². The predicted octanol–water partition coefficient (Wildman–Crippen LogP) is 1.47. The monoisotopic (exact) mass is 471 g/mol. The maximum absolute atomic E-state index is 13.9. The number of nitrogens with one attached hydrogen (secondary N) is 1. The highest BCUT2D eigenvalue weighted by molar-refractivity contribution is 5.79. The minimum Gasteiger partial charge on any atom is -0.357 e. The normalized spacial score (nSPS) is 19.9. The fourth-order valence-electron chi connectivity index (χ4n) is 5.03. The van der Waals surface area contributed by atoms with E-state index in [2.05, 4.69) is 10.2 Å². The molecule has 8 nitrogen and oxygen atoms in total. The minimum atomic E-state index is -0.365. The van der Waals surface area contributed by atoms with Gasteiger partial charge in [-0.05, 0) is 50.8 Å². The summed E-state index contributed by atoms with van der Waals surface area (Å²) in [6.07, 6.45) is 3.57. The van der Waals surface area contributed by atoms with Crippen molar-refractivity contribution in [1.82, 2.24) is 19.4 Å². The van der Waals surface area contributed by atoms with Crippen molar-refractivity contribution in [3.8, 4) is 0 Å². The number of amides is 1. The molecule has 2 aliphatic rings. The Labute approximate surface area is 199 Å². The molecule has 9 heteroatoms. The molecular weight excluding hydrogens is 437 g/mol. The third kappa shape index (κ3) is 5.41. The molecule has 2 fully saturated rings. The maximum Gasteiger partial charge on any atom is 0.332 e. The number of piperidine rings is 2. The van der Waals surface area contributed by atoms with Crippen LogP contribution in [0.3, 0.4) is 0 Å². The van der Waals surface area contributed by atoms with Crippen LogP contribution in [0.15, 0.2) is 39.9 Å². The zero-order valence-corrected chi connectivity index (χ0v) is 20.0. The topological polar surface area (TPSA) is 79.6 Å². The van der Waals surface area contributed by atoms with Crippen LogP contribution < -0.4 is 21.5 Å². The maximum atomic E-state index is 13.9. The third-order valence-corrected chi connectivity index (χ3v) is 7.24. The van der Waals surface area contributed by atoms with Crippen LogP contribution in [0.1, 0.15) is 31.2 Å². The molecule has 1 amide bonds. The predicted molar refractivity (Wildman–Crippen MR) is 129 cm³/mol. The summed E-state index contributed by atoms with van der Waals surface area (Å²) >= 11 is 0. The van der Waals surface area contributed by atoms with Gasteiger partial charge in [0.2, 0.25) is 5.91 Å². The van der Waals surface area contributed by atoms with Crippen LogP contribution in [0, 0.1) is 17.7 Å². The fourth-order valence-corrected chi connectivity index (χ4v) is 5.03. The van der Waals surface area contributed by atoms with Gasteiger partial charge in [0.15, 0.2) is 0 Å². The summed E-state index contributed by atoms with van der Waals surface area (Å²) in [5.74, 6) is 0.682. The van der Waals surface area contributed by atoms with Gasteiger partial charge in [0.05, 0.1) is 5.92 Å². The van der Waals surface area contributed by atoms with Crippen molar-refractivity contribution in [3.05, 3.63) is 62.6 Å². The molecule has 0 unspecified atom stereocenters. The number of likely N-dealkylation sites (tertiary alicyclic amines) is 1. The molecule has 1 aromatic carbocycles. The second-order valence-electron chi connectivity index (χ2n) is 9.58. The Morgan fingerprint density at radius 1 is 1.06 bits per heavy atom. The lowest BCUT2D eigenvalue weighted by Gasteiger charge is -2.35.